The predicted molar refractivity (Wildman–Crippen MR) is 124 cm³/mol. The second-order valence-corrected chi connectivity index (χ2v) is 7.64. The van der Waals surface area contributed by atoms with Crippen molar-refractivity contribution in [3.05, 3.63) is 108 Å². The third kappa shape index (κ3) is 4.95. The molecule has 0 amide bonds. The van der Waals surface area contributed by atoms with Crippen LogP contribution in [0.2, 0.25) is 0 Å². The monoisotopic (exact) mass is 608 g/mol. The van der Waals surface area contributed by atoms with E-state index in [4.69, 9.17) is 0 Å². The summed E-state index contributed by atoms with van der Waals surface area (Å²) in [6.45, 7) is 4.30. The molecule has 0 saturated carbocycles. The first kappa shape index (κ1) is 25.3. The van der Waals surface area contributed by atoms with Crippen LogP contribution in [0.3, 0.4) is 0 Å². The molecule has 3 heteroatoms. The molecule has 0 saturated heterocycles. The Morgan fingerprint density at radius 3 is 1.26 bits per heavy atom. The minimum absolute atomic E-state index is 0. The third-order valence-corrected chi connectivity index (χ3v) is 5.52. The van der Waals surface area contributed by atoms with Crippen LogP contribution in [-0.2, 0) is 25.8 Å². The maximum atomic E-state index is 2.26. The molecule has 0 heterocycles. The van der Waals surface area contributed by atoms with Gasteiger partial charge >= 0.3 is 25.8 Å². The third-order valence-electron chi connectivity index (χ3n) is 5.52. The maximum Gasteiger partial charge on any atom is 4.00 e. The van der Waals surface area contributed by atoms with Gasteiger partial charge in [0.05, 0.1) is 0 Å². The Hall–Kier alpha value is -1.93. The van der Waals surface area contributed by atoms with Crippen LogP contribution in [0, 0.1) is 13.8 Å². The Morgan fingerprint density at radius 2 is 0.839 bits per heavy atom. The molecule has 0 aliphatic heterocycles. The van der Waals surface area contributed by atoms with Crippen LogP contribution in [0.1, 0.15) is 11.1 Å². The van der Waals surface area contributed by atoms with E-state index < -0.39 is 0 Å². The van der Waals surface area contributed by atoms with Gasteiger partial charge in [0.15, 0.2) is 0 Å². The second-order valence-electron chi connectivity index (χ2n) is 7.64. The average molecular weight is 608 g/mol. The molecular weight excluding hydrogens is 586 g/mol. The van der Waals surface area contributed by atoms with Gasteiger partial charge in [-0.25, -0.2) is 0 Å². The maximum absolute atomic E-state index is 2.26. The first-order valence-corrected chi connectivity index (χ1v) is 9.79. The second kappa shape index (κ2) is 10.6. The van der Waals surface area contributed by atoms with Crippen LogP contribution in [0.5, 0.6) is 0 Å². The number of halogens is 2. The van der Waals surface area contributed by atoms with Crippen LogP contribution < -0.4 is 24.8 Å². The van der Waals surface area contributed by atoms with Crippen molar-refractivity contribution in [1.29, 1.82) is 0 Å². The van der Waals surface area contributed by atoms with Crippen molar-refractivity contribution in [2.24, 2.45) is 0 Å². The quantitative estimate of drug-likeness (QED) is 0.183. The summed E-state index contributed by atoms with van der Waals surface area (Å²) in [5.41, 5.74) is 2.69. The minimum Gasteiger partial charge on any atom is -1.00 e. The normalized spacial score (nSPS) is 10.1. The largest absolute Gasteiger partial charge is 4.00 e. The smallest absolute Gasteiger partial charge is 1.00 e. The summed E-state index contributed by atoms with van der Waals surface area (Å²) in [5.74, 6) is 0. The van der Waals surface area contributed by atoms with E-state index in [-0.39, 0.29) is 50.7 Å². The molecule has 31 heavy (non-hydrogen) atoms. The summed E-state index contributed by atoms with van der Waals surface area (Å²) in [7, 11) is 0. The van der Waals surface area contributed by atoms with Crippen LogP contribution in [-0.4, -0.2) is 0 Å². The number of benzene rings is 4. The number of rotatable bonds is 0. The molecule has 0 fully saturated rings. The van der Waals surface area contributed by atoms with Gasteiger partial charge in [0.25, 0.3) is 0 Å². The molecular formula is C28H22Cl2Hf. The number of aryl methyl sites for hydroxylation is 2. The molecule has 0 atom stereocenters. The average Bonchev–Trinajstić information content (AvgIpc) is 3.30. The zero-order chi connectivity index (χ0) is 19.1. The molecule has 0 N–H and O–H groups in total. The number of fused-ring (bicyclic) bond motifs is 6. The molecule has 0 aliphatic rings. The van der Waals surface area contributed by atoms with Gasteiger partial charge in [-0.15, -0.1) is 56.9 Å². The first-order chi connectivity index (χ1) is 13.7. The summed E-state index contributed by atoms with van der Waals surface area (Å²) in [6, 6.07) is 34.9. The molecule has 0 bridgehead atoms. The molecule has 6 aromatic carbocycles. The number of hydrogen-bond donors (Lipinski definition) is 0. The van der Waals surface area contributed by atoms with Gasteiger partial charge in [-0.3, -0.25) is 0 Å². The minimum atomic E-state index is 0. The summed E-state index contributed by atoms with van der Waals surface area (Å²) < 4.78 is 0. The predicted octanol–water partition coefficient (Wildman–Crippen LogP) is 2.05. The fourth-order valence-corrected chi connectivity index (χ4v) is 4.23. The fourth-order valence-electron chi connectivity index (χ4n) is 4.23. The summed E-state index contributed by atoms with van der Waals surface area (Å²) in [4.78, 5) is 0. The van der Waals surface area contributed by atoms with Crippen LogP contribution in [0.15, 0.2) is 97.1 Å². The van der Waals surface area contributed by atoms with E-state index in [9.17, 15) is 0 Å². The molecule has 0 nitrogen and oxygen atoms in total. The van der Waals surface area contributed by atoms with Gasteiger partial charge in [0.2, 0.25) is 0 Å². The van der Waals surface area contributed by atoms with Crippen LogP contribution in [0.4, 0.5) is 0 Å². The van der Waals surface area contributed by atoms with E-state index in [0.29, 0.717) is 0 Å². The number of hydrogen-bond acceptors (Lipinski definition) is 0. The van der Waals surface area contributed by atoms with E-state index in [0.717, 1.165) is 0 Å². The summed E-state index contributed by atoms with van der Waals surface area (Å²) in [5, 5.41) is 10.8. The molecule has 152 valence electrons. The molecule has 0 unspecified atom stereocenters. The Balaban J connectivity index is 0.000000201. The Morgan fingerprint density at radius 1 is 0.484 bits per heavy atom. The van der Waals surface area contributed by atoms with Gasteiger partial charge in [-0.2, -0.15) is 12.1 Å². The van der Waals surface area contributed by atoms with Gasteiger partial charge in [0, 0.05) is 0 Å². The van der Waals surface area contributed by atoms with Gasteiger partial charge < -0.3 is 24.8 Å². The van der Waals surface area contributed by atoms with Crippen molar-refractivity contribution >= 4 is 43.1 Å². The van der Waals surface area contributed by atoms with Crippen molar-refractivity contribution in [3.8, 4) is 0 Å². The standard InChI is InChI=1S/2C14H11.2ClH.Hf/c2*1-10-8-12-7-6-11-4-2-3-5-13(11)14(12)9-10;;;/h2*2-9H,1H3;2*1H;/q2*-1;;;+4/p-2. The fraction of sp³-hybridized carbons (Fsp3) is 0.0714. The van der Waals surface area contributed by atoms with Crippen molar-refractivity contribution in [2.75, 3.05) is 0 Å². The summed E-state index contributed by atoms with van der Waals surface area (Å²) in [6.07, 6.45) is 0. The Bertz CT molecular complexity index is 1330. The Labute approximate surface area is 214 Å². The topological polar surface area (TPSA) is 0 Å². The molecule has 0 aromatic heterocycles. The molecule has 0 radical (unpaired) electrons. The summed E-state index contributed by atoms with van der Waals surface area (Å²) >= 11 is 0. The van der Waals surface area contributed by atoms with E-state index in [1.807, 2.05) is 0 Å². The first-order valence-electron chi connectivity index (χ1n) is 9.79. The van der Waals surface area contributed by atoms with E-state index >= 15 is 0 Å². The van der Waals surface area contributed by atoms with Crippen LogP contribution in [0.25, 0.3) is 43.1 Å². The van der Waals surface area contributed by atoms with Crippen molar-refractivity contribution in [2.45, 2.75) is 13.8 Å². The van der Waals surface area contributed by atoms with Gasteiger partial charge in [0.1, 0.15) is 0 Å². The molecule has 6 rings (SSSR count). The van der Waals surface area contributed by atoms with E-state index in [1.54, 1.807) is 0 Å². The van der Waals surface area contributed by atoms with E-state index in [2.05, 4.69) is 111 Å². The SMILES string of the molecule is Cc1cc2ccc3ccccc3c2[cH-]1.Cc1cc2ccc3ccccc3c2[cH-]1.[Cl-].[Cl-].[Hf+4]. The molecule has 0 aliphatic carbocycles. The van der Waals surface area contributed by atoms with Gasteiger partial charge in [-0.05, 0) is 0 Å². The zero-order valence-corrected chi connectivity index (χ0v) is 22.6. The van der Waals surface area contributed by atoms with Crippen LogP contribution >= 0.6 is 0 Å². The molecule has 0 spiro atoms. The zero-order valence-electron chi connectivity index (χ0n) is 17.5. The van der Waals surface area contributed by atoms with E-state index in [1.165, 1.54) is 54.2 Å². The van der Waals surface area contributed by atoms with Gasteiger partial charge in [-0.1, -0.05) is 96.1 Å². The Kier molecular flexibility index (Phi) is 8.65. The molecule has 6 aromatic rings. The van der Waals surface area contributed by atoms with Crippen molar-refractivity contribution in [1.82, 2.24) is 0 Å². The van der Waals surface area contributed by atoms with Crippen molar-refractivity contribution < 1.29 is 50.7 Å². The van der Waals surface area contributed by atoms with Crippen molar-refractivity contribution in [3.63, 3.8) is 0 Å².